The number of nitrogens with one attached hydrogen (secondary N) is 2. The number of carbonyl (C=O) groups excluding carboxylic acids is 1. The van der Waals surface area contributed by atoms with Crippen molar-refractivity contribution in [3.05, 3.63) is 29.1 Å². The second kappa shape index (κ2) is 5.26. The number of amides is 1. The lowest BCUT2D eigenvalue weighted by molar-refractivity contribution is -0.113. The van der Waals surface area contributed by atoms with Crippen molar-refractivity contribution < 1.29 is 17.6 Å². The molecule has 0 radical (unpaired) electrons. The van der Waals surface area contributed by atoms with Gasteiger partial charge in [0, 0.05) is 12.8 Å². The van der Waals surface area contributed by atoms with E-state index in [-0.39, 0.29) is 5.69 Å². The number of sulfone groups is 1. The lowest BCUT2D eigenvalue weighted by atomic mass is 9.99. The molecule has 0 unspecified atom stereocenters. The molecule has 0 aliphatic carbocycles. The Bertz CT molecular complexity index is 614. The van der Waals surface area contributed by atoms with E-state index < -0.39 is 27.3 Å². The van der Waals surface area contributed by atoms with Gasteiger partial charge < -0.3 is 10.6 Å². The van der Waals surface area contributed by atoms with Crippen LogP contribution in [0.25, 0.3) is 0 Å². The molecule has 0 saturated carbocycles. The van der Waals surface area contributed by atoms with Crippen molar-refractivity contribution in [2.45, 2.75) is 13.0 Å². The smallest absolute Gasteiger partial charge is 0.239 e. The topological polar surface area (TPSA) is 75.3 Å². The fraction of sp³-hybridized carbons (Fsp3) is 0.417. The minimum absolute atomic E-state index is 0.0364. The first-order valence-corrected chi connectivity index (χ1v) is 7.91. The summed E-state index contributed by atoms with van der Waals surface area (Å²) in [7, 11) is -3.42. The van der Waals surface area contributed by atoms with Gasteiger partial charge >= 0.3 is 0 Å². The zero-order chi connectivity index (χ0) is 14.0. The zero-order valence-electron chi connectivity index (χ0n) is 10.5. The number of benzene rings is 1. The molecule has 1 amide bonds. The Hall–Kier alpha value is -1.47. The van der Waals surface area contributed by atoms with Gasteiger partial charge in [-0.1, -0.05) is 6.07 Å². The Morgan fingerprint density at radius 2 is 2.21 bits per heavy atom. The predicted molar refractivity (Wildman–Crippen MR) is 70.2 cm³/mol. The second-order valence-corrected chi connectivity index (χ2v) is 6.75. The van der Waals surface area contributed by atoms with E-state index in [2.05, 4.69) is 10.6 Å². The summed E-state index contributed by atoms with van der Waals surface area (Å²) in [4.78, 5) is 11.5. The number of hydrogen-bond donors (Lipinski definition) is 2. The minimum Gasteiger partial charge on any atom is -0.323 e. The van der Waals surface area contributed by atoms with E-state index in [9.17, 15) is 17.6 Å². The molecule has 19 heavy (non-hydrogen) atoms. The molecule has 1 aliphatic rings. The number of fused-ring (bicyclic) bond motifs is 1. The molecule has 2 rings (SSSR count). The predicted octanol–water partition coefficient (Wildman–Crippen LogP) is 0.454. The summed E-state index contributed by atoms with van der Waals surface area (Å²) in [6.07, 6.45) is 1.51. The maximum atomic E-state index is 14.2. The van der Waals surface area contributed by atoms with Crippen molar-refractivity contribution in [1.82, 2.24) is 5.32 Å². The van der Waals surface area contributed by atoms with Crippen LogP contribution in [0.3, 0.4) is 0 Å². The number of carbonyl (C=O) groups is 1. The van der Waals surface area contributed by atoms with Crippen LogP contribution >= 0.6 is 0 Å². The molecule has 0 atom stereocenters. The first-order valence-electron chi connectivity index (χ1n) is 5.85. The maximum Gasteiger partial charge on any atom is 0.239 e. The van der Waals surface area contributed by atoms with Gasteiger partial charge in [-0.3, -0.25) is 4.79 Å². The van der Waals surface area contributed by atoms with E-state index in [1.807, 2.05) is 0 Å². The molecule has 0 aromatic heterocycles. The van der Waals surface area contributed by atoms with Gasteiger partial charge in [-0.25, -0.2) is 12.8 Å². The van der Waals surface area contributed by atoms with Crippen LogP contribution < -0.4 is 10.6 Å². The van der Waals surface area contributed by atoms with Crippen molar-refractivity contribution in [3.8, 4) is 0 Å². The Kier molecular flexibility index (Phi) is 3.86. The Morgan fingerprint density at radius 3 is 2.89 bits per heavy atom. The summed E-state index contributed by atoms with van der Waals surface area (Å²) in [6, 6.07) is 3.20. The number of halogens is 1. The van der Waals surface area contributed by atoms with Gasteiger partial charge in [-0.2, -0.15) is 0 Å². The number of hydrogen-bond acceptors (Lipinski definition) is 4. The Labute approximate surface area is 111 Å². The number of anilines is 1. The van der Waals surface area contributed by atoms with Crippen LogP contribution in [0.2, 0.25) is 0 Å². The summed E-state index contributed by atoms with van der Waals surface area (Å²) in [5.41, 5.74) is 1.48. The molecule has 1 aliphatic heterocycles. The molecule has 0 bridgehead atoms. The Morgan fingerprint density at radius 1 is 1.47 bits per heavy atom. The third-order valence-corrected chi connectivity index (χ3v) is 3.66. The van der Waals surface area contributed by atoms with Gasteiger partial charge in [-0.05, 0) is 30.2 Å². The van der Waals surface area contributed by atoms with Crippen molar-refractivity contribution in [1.29, 1.82) is 0 Å². The van der Waals surface area contributed by atoms with Gasteiger partial charge in [0.2, 0.25) is 5.91 Å². The van der Waals surface area contributed by atoms with Crippen molar-refractivity contribution in [2.75, 3.05) is 23.9 Å². The van der Waals surface area contributed by atoms with Crippen molar-refractivity contribution >= 4 is 21.4 Å². The van der Waals surface area contributed by atoms with Crippen LogP contribution in [0.15, 0.2) is 12.1 Å². The first kappa shape index (κ1) is 14.0. The molecule has 2 N–H and O–H groups in total. The summed E-state index contributed by atoms with van der Waals surface area (Å²) >= 11 is 0. The van der Waals surface area contributed by atoms with Gasteiger partial charge in [0.25, 0.3) is 0 Å². The van der Waals surface area contributed by atoms with Gasteiger partial charge in [0.1, 0.15) is 11.6 Å². The van der Waals surface area contributed by atoms with E-state index in [0.29, 0.717) is 25.1 Å². The summed E-state index contributed by atoms with van der Waals surface area (Å²) in [5, 5.41) is 5.43. The van der Waals surface area contributed by atoms with Gasteiger partial charge in [0.15, 0.2) is 9.84 Å². The summed E-state index contributed by atoms with van der Waals surface area (Å²) in [5.74, 6) is -1.85. The van der Waals surface area contributed by atoms with Gasteiger partial charge in [-0.15, -0.1) is 0 Å². The van der Waals surface area contributed by atoms with Crippen molar-refractivity contribution in [3.63, 3.8) is 0 Å². The molecule has 0 saturated heterocycles. The van der Waals surface area contributed by atoms with Crippen LogP contribution in [0.1, 0.15) is 11.1 Å². The fourth-order valence-corrected chi connectivity index (χ4v) is 2.60. The van der Waals surface area contributed by atoms with Crippen LogP contribution in [0, 0.1) is 5.82 Å². The van der Waals surface area contributed by atoms with E-state index in [1.54, 1.807) is 6.07 Å². The lowest BCUT2D eigenvalue weighted by Gasteiger charge is -2.19. The highest BCUT2D eigenvalue weighted by molar-refractivity contribution is 7.91. The molecule has 0 fully saturated rings. The number of rotatable bonds is 3. The highest BCUT2D eigenvalue weighted by Gasteiger charge is 2.18. The van der Waals surface area contributed by atoms with Crippen LogP contribution in [-0.2, 0) is 27.6 Å². The molecule has 7 heteroatoms. The molecular weight excluding hydrogens is 271 g/mol. The molecule has 1 aromatic rings. The summed E-state index contributed by atoms with van der Waals surface area (Å²) < 4.78 is 36.1. The van der Waals surface area contributed by atoms with E-state index in [1.165, 1.54) is 6.07 Å². The second-order valence-electron chi connectivity index (χ2n) is 4.61. The standard InChI is InChI=1S/C12H15FN2O3S/c1-19(17,18)7-11(16)15-10-3-2-8-6-14-5-4-9(8)12(10)13/h2-3,14H,4-7H2,1H3,(H,15,16). The maximum absolute atomic E-state index is 14.2. The zero-order valence-corrected chi connectivity index (χ0v) is 11.3. The van der Waals surface area contributed by atoms with Crippen LogP contribution in [0.5, 0.6) is 0 Å². The Balaban J connectivity index is 2.20. The van der Waals surface area contributed by atoms with Crippen LogP contribution in [0.4, 0.5) is 10.1 Å². The monoisotopic (exact) mass is 286 g/mol. The molecular formula is C12H15FN2O3S. The normalized spacial score (nSPS) is 14.8. The minimum atomic E-state index is -3.42. The molecule has 5 nitrogen and oxygen atoms in total. The van der Waals surface area contributed by atoms with Crippen molar-refractivity contribution in [2.24, 2.45) is 0 Å². The molecule has 1 aromatic carbocycles. The third-order valence-electron chi connectivity index (χ3n) is 2.87. The summed E-state index contributed by atoms with van der Waals surface area (Å²) in [6.45, 7) is 1.29. The third kappa shape index (κ3) is 3.51. The average Bonchev–Trinajstić information content (AvgIpc) is 2.31. The molecule has 104 valence electrons. The van der Waals surface area contributed by atoms with E-state index in [0.717, 1.165) is 11.8 Å². The fourth-order valence-electron chi connectivity index (χ4n) is 2.05. The molecule has 1 heterocycles. The van der Waals surface area contributed by atoms with Crippen LogP contribution in [-0.4, -0.2) is 32.9 Å². The average molecular weight is 286 g/mol. The highest BCUT2D eigenvalue weighted by Crippen LogP contribution is 2.24. The van der Waals surface area contributed by atoms with Gasteiger partial charge in [0.05, 0.1) is 5.69 Å². The lowest BCUT2D eigenvalue weighted by Crippen LogP contribution is -2.26. The largest absolute Gasteiger partial charge is 0.323 e. The van der Waals surface area contributed by atoms with E-state index in [4.69, 9.17) is 0 Å². The highest BCUT2D eigenvalue weighted by atomic mass is 32.2. The SMILES string of the molecule is CS(=O)(=O)CC(=O)Nc1ccc2c(c1F)CCNC2. The quantitative estimate of drug-likeness (QED) is 0.846. The van der Waals surface area contributed by atoms with E-state index >= 15 is 0 Å². The first-order chi connectivity index (χ1) is 8.87. The molecule has 0 spiro atoms.